The standard InChI is InChI=1S/C18H15BrClNO3/c1-3-23-16-9-11(8-13(19)18(16)22-2)4-7-17-21-14-10-12(20)5-6-15(14)24-17/h4-10H,3H2,1-2H3/b7-4+. The minimum absolute atomic E-state index is 0.511. The Bertz CT molecular complexity index is 905. The van der Waals surface area contributed by atoms with E-state index < -0.39 is 0 Å². The lowest BCUT2D eigenvalue weighted by Crippen LogP contribution is -1.96. The molecule has 124 valence electrons. The number of nitrogens with zero attached hydrogens (tertiary/aromatic N) is 1. The fourth-order valence-corrected chi connectivity index (χ4v) is 3.09. The Morgan fingerprint density at radius 2 is 2.08 bits per heavy atom. The van der Waals surface area contributed by atoms with Gasteiger partial charge in [-0.05, 0) is 64.8 Å². The van der Waals surface area contributed by atoms with Crippen LogP contribution in [0.2, 0.25) is 5.02 Å². The highest BCUT2D eigenvalue weighted by molar-refractivity contribution is 9.10. The molecule has 0 saturated carbocycles. The fraction of sp³-hybridized carbons (Fsp3) is 0.167. The molecule has 0 saturated heterocycles. The summed E-state index contributed by atoms with van der Waals surface area (Å²) in [5, 5.41) is 0.631. The van der Waals surface area contributed by atoms with Gasteiger partial charge in [0.25, 0.3) is 0 Å². The van der Waals surface area contributed by atoms with Gasteiger partial charge in [-0.2, -0.15) is 0 Å². The van der Waals surface area contributed by atoms with Crippen molar-refractivity contribution in [3.63, 3.8) is 0 Å². The topological polar surface area (TPSA) is 44.5 Å². The van der Waals surface area contributed by atoms with Gasteiger partial charge >= 0.3 is 0 Å². The van der Waals surface area contributed by atoms with E-state index >= 15 is 0 Å². The van der Waals surface area contributed by atoms with Crippen LogP contribution in [-0.2, 0) is 0 Å². The van der Waals surface area contributed by atoms with E-state index in [-0.39, 0.29) is 0 Å². The molecular weight excluding hydrogens is 394 g/mol. The van der Waals surface area contributed by atoms with Crippen LogP contribution in [-0.4, -0.2) is 18.7 Å². The van der Waals surface area contributed by atoms with Crippen molar-refractivity contribution in [3.05, 3.63) is 51.3 Å². The van der Waals surface area contributed by atoms with Crippen molar-refractivity contribution < 1.29 is 13.9 Å². The van der Waals surface area contributed by atoms with Crippen molar-refractivity contribution >= 4 is 50.8 Å². The van der Waals surface area contributed by atoms with Crippen LogP contribution in [0.1, 0.15) is 18.4 Å². The predicted molar refractivity (Wildman–Crippen MR) is 99.8 cm³/mol. The van der Waals surface area contributed by atoms with Gasteiger partial charge in [-0.25, -0.2) is 4.98 Å². The summed E-state index contributed by atoms with van der Waals surface area (Å²) in [6.07, 6.45) is 3.71. The van der Waals surface area contributed by atoms with Gasteiger partial charge in [0.05, 0.1) is 18.2 Å². The second kappa shape index (κ2) is 7.28. The number of oxazole rings is 1. The van der Waals surface area contributed by atoms with Crippen LogP contribution in [0.25, 0.3) is 23.3 Å². The minimum Gasteiger partial charge on any atom is -0.492 e. The van der Waals surface area contributed by atoms with Crippen LogP contribution in [0.3, 0.4) is 0 Å². The van der Waals surface area contributed by atoms with Crippen molar-refractivity contribution in [1.29, 1.82) is 0 Å². The van der Waals surface area contributed by atoms with Crippen molar-refractivity contribution in [1.82, 2.24) is 4.98 Å². The van der Waals surface area contributed by atoms with Gasteiger partial charge in [0, 0.05) is 11.1 Å². The third-order valence-electron chi connectivity index (χ3n) is 3.32. The molecular formula is C18H15BrClNO3. The average molecular weight is 409 g/mol. The molecule has 4 nitrogen and oxygen atoms in total. The van der Waals surface area contributed by atoms with E-state index in [4.69, 9.17) is 25.5 Å². The number of hydrogen-bond acceptors (Lipinski definition) is 4. The van der Waals surface area contributed by atoms with E-state index in [1.54, 1.807) is 31.4 Å². The molecule has 3 aromatic rings. The molecule has 1 heterocycles. The van der Waals surface area contributed by atoms with Crippen molar-refractivity contribution in [2.24, 2.45) is 0 Å². The highest BCUT2D eigenvalue weighted by Gasteiger charge is 2.10. The summed E-state index contributed by atoms with van der Waals surface area (Å²) < 4.78 is 17.5. The maximum absolute atomic E-state index is 5.96. The van der Waals surface area contributed by atoms with Gasteiger partial charge in [0.2, 0.25) is 5.89 Å². The first kappa shape index (κ1) is 16.9. The van der Waals surface area contributed by atoms with Crippen molar-refractivity contribution in [2.75, 3.05) is 13.7 Å². The third kappa shape index (κ3) is 3.57. The second-order valence-electron chi connectivity index (χ2n) is 4.96. The van der Waals surface area contributed by atoms with Crippen LogP contribution < -0.4 is 9.47 Å². The largest absolute Gasteiger partial charge is 0.492 e. The Balaban J connectivity index is 1.92. The van der Waals surface area contributed by atoms with Crippen LogP contribution >= 0.6 is 27.5 Å². The molecule has 1 aromatic heterocycles. The van der Waals surface area contributed by atoms with E-state index in [2.05, 4.69) is 20.9 Å². The third-order valence-corrected chi connectivity index (χ3v) is 4.14. The van der Waals surface area contributed by atoms with Gasteiger partial charge < -0.3 is 13.9 Å². The summed E-state index contributed by atoms with van der Waals surface area (Å²) in [6, 6.07) is 9.20. The minimum atomic E-state index is 0.511. The van der Waals surface area contributed by atoms with E-state index in [1.165, 1.54) is 0 Å². The first-order valence-corrected chi connectivity index (χ1v) is 8.52. The molecule has 6 heteroatoms. The SMILES string of the molecule is CCOc1cc(/C=C/c2nc3cc(Cl)ccc3o2)cc(Br)c1OC. The first-order chi connectivity index (χ1) is 11.6. The van der Waals surface area contributed by atoms with Crippen molar-refractivity contribution in [2.45, 2.75) is 6.92 Å². The van der Waals surface area contributed by atoms with E-state index in [0.29, 0.717) is 34.6 Å². The van der Waals surface area contributed by atoms with Gasteiger partial charge in [-0.3, -0.25) is 0 Å². The molecule has 0 aliphatic heterocycles. The van der Waals surface area contributed by atoms with E-state index in [0.717, 1.165) is 15.6 Å². The molecule has 0 aliphatic rings. The zero-order valence-electron chi connectivity index (χ0n) is 13.2. The Hall–Kier alpha value is -1.98. The molecule has 0 unspecified atom stereocenters. The molecule has 0 fully saturated rings. The molecule has 0 atom stereocenters. The Morgan fingerprint density at radius 1 is 1.25 bits per heavy atom. The summed E-state index contributed by atoms with van der Waals surface area (Å²) in [4.78, 5) is 4.40. The monoisotopic (exact) mass is 407 g/mol. The Kier molecular flexibility index (Phi) is 5.11. The number of methoxy groups -OCH3 is 1. The van der Waals surface area contributed by atoms with Crippen molar-refractivity contribution in [3.8, 4) is 11.5 Å². The number of benzene rings is 2. The van der Waals surface area contributed by atoms with Gasteiger partial charge in [0.1, 0.15) is 5.52 Å². The number of fused-ring (bicyclic) bond motifs is 1. The zero-order chi connectivity index (χ0) is 17.1. The molecule has 24 heavy (non-hydrogen) atoms. The summed E-state index contributed by atoms with van der Waals surface area (Å²) in [6.45, 7) is 2.49. The lowest BCUT2D eigenvalue weighted by molar-refractivity contribution is 0.310. The van der Waals surface area contributed by atoms with Crippen LogP contribution in [0, 0.1) is 0 Å². The van der Waals surface area contributed by atoms with E-state index in [1.807, 2.05) is 25.1 Å². The normalized spacial score (nSPS) is 11.3. The number of aromatic nitrogens is 1. The van der Waals surface area contributed by atoms with Gasteiger partial charge in [-0.15, -0.1) is 0 Å². The lowest BCUT2D eigenvalue weighted by atomic mass is 10.2. The predicted octanol–water partition coefficient (Wildman–Crippen LogP) is 5.82. The summed E-state index contributed by atoms with van der Waals surface area (Å²) in [7, 11) is 1.61. The summed E-state index contributed by atoms with van der Waals surface area (Å²) in [5.74, 6) is 1.86. The highest BCUT2D eigenvalue weighted by Crippen LogP contribution is 2.37. The maximum Gasteiger partial charge on any atom is 0.220 e. The van der Waals surface area contributed by atoms with Crippen LogP contribution in [0.15, 0.2) is 39.2 Å². The molecule has 0 bridgehead atoms. The lowest BCUT2D eigenvalue weighted by Gasteiger charge is -2.11. The number of halogens is 2. The summed E-state index contributed by atoms with van der Waals surface area (Å²) >= 11 is 9.46. The maximum atomic E-state index is 5.96. The molecule has 0 N–H and O–H groups in total. The molecule has 3 rings (SSSR count). The average Bonchev–Trinajstić information content (AvgIpc) is 2.95. The van der Waals surface area contributed by atoms with Gasteiger partial charge in [-0.1, -0.05) is 11.6 Å². The van der Waals surface area contributed by atoms with E-state index in [9.17, 15) is 0 Å². The quantitative estimate of drug-likeness (QED) is 0.533. The molecule has 0 aliphatic carbocycles. The highest BCUT2D eigenvalue weighted by atomic mass is 79.9. The van der Waals surface area contributed by atoms with Crippen LogP contribution in [0.4, 0.5) is 0 Å². The number of ether oxygens (including phenoxy) is 2. The fourth-order valence-electron chi connectivity index (χ4n) is 2.30. The second-order valence-corrected chi connectivity index (χ2v) is 6.26. The summed E-state index contributed by atoms with van der Waals surface area (Å²) in [5.41, 5.74) is 2.37. The number of hydrogen-bond donors (Lipinski definition) is 0. The Morgan fingerprint density at radius 3 is 2.83 bits per heavy atom. The first-order valence-electron chi connectivity index (χ1n) is 7.35. The Labute approximate surface area is 153 Å². The number of rotatable bonds is 5. The van der Waals surface area contributed by atoms with Gasteiger partial charge in [0.15, 0.2) is 17.1 Å². The molecule has 0 amide bonds. The molecule has 0 spiro atoms. The van der Waals surface area contributed by atoms with Crippen LogP contribution in [0.5, 0.6) is 11.5 Å². The zero-order valence-corrected chi connectivity index (χ0v) is 15.5. The smallest absolute Gasteiger partial charge is 0.220 e. The molecule has 0 radical (unpaired) electrons. The molecule has 2 aromatic carbocycles.